The van der Waals surface area contributed by atoms with Gasteiger partial charge < -0.3 is 16.4 Å². The molecule has 1 aliphatic rings. The number of carbonyl (C=O) groups excluding carboxylic acids is 2. The van der Waals surface area contributed by atoms with E-state index < -0.39 is 5.91 Å². The molecule has 9 heteroatoms. The van der Waals surface area contributed by atoms with Crippen LogP contribution in [0.15, 0.2) is 66.2 Å². The molecule has 0 saturated carbocycles. The molecule has 1 aromatic heterocycles. The predicted molar refractivity (Wildman–Crippen MR) is 155 cm³/mol. The van der Waals surface area contributed by atoms with Gasteiger partial charge in [-0.2, -0.15) is 5.10 Å². The molecule has 0 bridgehead atoms. The van der Waals surface area contributed by atoms with Crippen LogP contribution in [-0.4, -0.2) is 51.3 Å². The molecular formula is C29H39N7O2. The van der Waals surface area contributed by atoms with Crippen molar-refractivity contribution in [3.63, 3.8) is 0 Å². The lowest BCUT2D eigenvalue weighted by molar-refractivity contribution is -0.125. The minimum atomic E-state index is -0.426. The largest absolute Gasteiger partial charge is 0.404 e. The van der Waals surface area contributed by atoms with E-state index in [4.69, 9.17) is 5.73 Å². The molecule has 2 aromatic rings. The smallest absolute Gasteiger partial charge is 0.259 e. The van der Waals surface area contributed by atoms with Gasteiger partial charge >= 0.3 is 0 Å². The molecule has 2 amide bonds. The fourth-order valence-corrected chi connectivity index (χ4v) is 4.14. The number of aromatic nitrogens is 2. The zero-order chi connectivity index (χ0) is 28.0. The van der Waals surface area contributed by atoms with Crippen molar-refractivity contribution in [3.8, 4) is 0 Å². The number of amides is 2. The number of likely N-dealkylation sites (tertiary alicyclic amines) is 1. The molecule has 1 aromatic carbocycles. The summed E-state index contributed by atoms with van der Waals surface area (Å²) in [6.45, 7) is 15.6. The molecule has 202 valence electrons. The van der Waals surface area contributed by atoms with E-state index in [1.54, 1.807) is 23.1 Å². The number of benzene rings is 1. The first-order valence-electron chi connectivity index (χ1n) is 12.8. The highest BCUT2D eigenvalue weighted by Gasteiger charge is 2.33. The van der Waals surface area contributed by atoms with Gasteiger partial charge in [-0.1, -0.05) is 26.5 Å². The van der Waals surface area contributed by atoms with Crippen molar-refractivity contribution in [3.05, 3.63) is 72.3 Å². The summed E-state index contributed by atoms with van der Waals surface area (Å²) in [5.74, 6) is -0.300. The van der Waals surface area contributed by atoms with E-state index in [1.807, 2.05) is 32.3 Å². The van der Waals surface area contributed by atoms with Crippen LogP contribution < -0.4 is 16.4 Å². The Labute approximate surface area is 225 Å². The Hall–Kier alpha value is -3.98. The van der Waals surface area contributed by atoms with Crippen LogP contribution in [0.25, 0.3) is 5.57 Å². The van der Waals surface area contributed by atoms with E-state index in [1.165, 1.54) is 12.3 Å². The second-order valence-electron chi connectivity index (χ2n) is 10.2. The van der Waals surface area contributed by atoms with Gasteiger partial charge in [0.05, 0.1) is 23.4 Å². The lowest BCUT2D eigenvalue weighted by Crippen LogP contribution is -2.54. The van der Waals surface area contributed by atoms with Crippen molar-refractivity contribution >= 4 is 34.5 Å². The fraction of sp³-hybridized carbons (Fsp3) is 0.379. The highest BCUT2D eigenvalue weighted by Crippen LogP contribution is 2.25. The summed E-state index contributed by atoms with van der Waals surface area (Å²) < 4.78 is 1.73. The van der Waals surface area contributed by atoms with Crippen LogP contribution in [0.2, 0.25) is 0 Å². The number of aryl methyl sites for hydroxylation is 2. The number of carbonyl (C=O) groups is 2. The van der Waals surface area contributed by atoms with E-state index in [0.717, 1.165) is 29.8 Å². The lowest BCUT2D eigenvalue weighted by atomic mass is 9.97. The molecule has 0 atom stereocenters. The molecule has 1 saturated heterocycles. The van der Waals surface area contributed by atoms with Crippen LogP contribution in [0.1, 0.15) is 38.8 Å². The summed E-state index contributed by atoms with van der Waals surface area (Å²) >= 11 is 0. The fourth-order valence-electron chi connectivity index (χ4n) is 4.14. The third-order valence-electron chi connectivity index (χ3n) is 6.65. The first-order valence-corrected chi connectivity index (χ1v) is 12.8. The third kappa shape index (κ3) is 6.86. The maximum absolute atomic E-state index is 13.2. The Morgan fingerprint density at radius 2 is 1.92 bits per heavy atom. The summed E-state index contributed by atoms with van der Waals surface area (Å²) in [5, 5.41) is 10.1. The van der Waals surface area contributed by atoms with Crippen LogP contribution in [-0.2, 0) is 16.6 Å². The van der Waals surface area contributed by atoms with Crippen LogP contribution >= 0.6 is 0 Å². The van der Waals surface area contributed by atoms with Gasteiger partial charge in [-0.3, -0.25) is 24.2 Å². The van der Waals surface area contributed by atoms with E-state index in [9.17, 15) is 9.59 Å². The van der Waals surface area contributed by atoms with Gasteiger partial charge in [0.1, 0.15) is 0 Å². The Kier molecular flexibility index (Phi) is 9.41. The number of aliphatic imine (C=N–C) groups is 1. The lowest BCUT2D eigenvalue weighted by Gasteiger charge is -2.41. The molecule has 0 aliphatic carbocycles. The Morgan fingerprint density at radius 3 is 2.47 bits per heavy atom. The summed E-state index contributed by atoms with van der Waals surface area (Å²) in [6, 6.07) is 5.86. The molecule has 2 heterocycles. The molecule has 0 radical (unpaired) electrons. The van der Waals surface area contributed by atoms with Crippen molar-refractivity contribution < 1.29 is 9.59 Å². The Balaban J connectivity index is 1.76. The topological polar surface area (TPSA) is 118 Å². The van der Waals surface area contributed by atoms with Gasteiger partial charge in [-0.05, 0) is 56.0 Å². The average Bonchev–Trinajstić information content (AvgIpc) is 3.24. The highest BCUT2D eigenvalue weighted by atomic mass is 16.2. The maximum atomic E-state index is 13.2. The minimum absolute atomic E-state index is 0.0204. The van der Waals surface area contributed by atoms with Crippen LogP contribution in [0, 0.1) is 18.8 Å². The third-order valence-corrected chi connectivity index (χ3v) is 6.65. The zero-order valence-electron chi connectivity index (χ0n) is 23.2. The van der Waals surface area contributed by atoms with Gasteiger partial charge in [0, 0.05) is 61.7 Å². The SMILES string of the molecule is C=CC(=N\C=C(\c1cnn(C)c1)C(C)C)/C(=C\N)C(=O)Nc1cc(NC(=O)C2CN(C(C)C)C2)ccc1C. The number of anilines is 2. The van der Waals surface area contributed by atoms with Crippen molar-refractivity contribution in [1.29, 1.82) is 0 Å². The van der Waals surface area contributed by atoms with Crippen LogP contribution in [0.3, 0.4) is 0 Å². The molecular weight excluding hydrogens is 478 g/mol. The molecule has 0 spiro atoms. The summed E-state index contributed by atoms with van der Waals surface area (Å²) in [7, 11) is 1.86. The van der Waals surface area contributed by atoms with Crippen LogP contribution in [0.5, 0.6) is 0 Å². The molecule has 38 heavy (non-hydrogen) atoms. The van der Waals surface area contributed by atoms with Crippen molar-refractivity contribution in [1.82, 2.24) is 14.7 Å². The molecule has 9 nitrogen and oxygen atoms in total. The summed E-state index contributed by atoms with van der Waals surface area (Å²) in [4.78, 5) is 32.7. The number of nitrogens with zero attached hydrogens (tertiary/aromatic N) is 4. The molecule has 1 aliphatic heterocycles. The van der Waals surface area contributed by atoms with Gasteiger partial charge in [-0.15, -0.1) is 0 Å². The van der Waals surface area contributed by atoms with E-state index >= 15 is 0 Å². The molecule has 4 N–H and O–H groups in total. The van der Waals surface area contributed by atoms with Crippen molar-refractivity contribution in [2.24, 2.45) is 29.6 Å². The molecule has 1 fully saturated rings. The maximum Gasteiger partial charge on any atom is 0.259 e. The molecule has 3 rings (SSSR count). The second-order valence-corrected chi connectivity index (χ2v) is 10.2. The van der Waals surface area contributed by atoms with Crippen molar-refractivity contribution in [2.75, 3.05) is 23.7 Å². The average molecular weight is 518 g/mol. The van der Waals surface area contributed by atoms with Gasteiger partial charge in [0.2, 0.25) is 5.91 Å². The second kappa shape index (κ2) is 12.5. The number of rotatable bonds is 10. The zero-order valence-corrected chi connectivity index (χ0v) is 23.2. The monoisotopic (exact) mass is 517 g/mol. The number of nitrogens with one attached hydrogen (secondary N) is 2. The van der Waals surface area contributed by atoms with Gasteiger partial charge in [-0.25, -0.2) is 0 Å². The quantitative estimate of drug-likeness (QED) is 0.324. The first kappa shape index (κ1) is 28.6. The number of hydrogen-bond acceptors (Lipinski definition) is 6. The van der Waals surface area contributed by atoms with E-state index in [-0.39, 0.29) is 23.3 Å². The Morgan fingerprint density at radius 1 is 1.21 bits per heavy atom. The number of nitrogens with two attached hydrogens (primary N) is 1. The standard InChI is InChI=1S/C29H39N7O2/c1-8-26(31-14-25(18(2)3)21-13-32-35(7)15-21)24(12-30)29(38)34-27-11-23(10-9-20(27)6)33-28(37)22-16-36(17-22)19(4)5/h8-15,18-19,22H,1,16-17,30H2,2-7H3,(H,33,37)(H,34,38)/b24-12+,25-14+,31-26+. The highest BCUT2D eigenvalue weighted by molar-refractivity contribution is 6.29. The van der Waals surface area contributed by atoms with Gasteiger partial charge in [0.15, 0.2) is 0 Å². The van der Waals surface area contributed by atoms with E-state index in [2.05, 4.69) is 59.9 Å². The number of allylic oxidation sites excluding steroid dienone is 2. The Bertz CT molecular complexity index is 1280. The molecule has 0 unspecified atom stereocenters. The normalized spacial score (nSPS) is 15.5. The van der Waals surface area contributed by atoms with Crippen LogP contribution in [0.4, 0.5) is 11.4 Å². The predicted octanol–water partition coefficient (Wildman–Crippen LogP) is 4.11. The summed E-state index contributed by atoms with van der Waals surface area (Å²) in [6.07, 6.45) is 8.14. The minimum Gasteiger partial charge on any atom is -0.404 e. The van der Waals surface area contributed by atoms with E-state index in [0.29, 0.717) is 23.1 Å². The van der Waals surface area contributed by atoms with Crippen molar-refractivity contribution in [2.45, 2.75) is 40.7 Å². The first-order chi connectivity index (χ1) is 18.0. The number of hydrogen-bond donors (Lipinski definition) is 3. The van der Waals surface area contributed by atoms with Gasteiger partial charge in [0.25, 0.3) is 5.91 Å². The summed E-state index contributed by atoms with van der Waals surface area (Å²) in [5.41, 5.74) is 10.3.